The summed E-state index contributed by atoms with van der Waals surface area (Å²) in [4.78, 5) is 47.2. The summed E-state index contributed by atoms with van der Waals surface area (Å²) in [7, 11) is 0. The van der Waals surface area contributed by atoms with Crippen LogP contribution in [0.15, 0.2) is 84.0 Å². The number of rotatable bonds is 7. The normalized spacial score (nSPS) is 14.2. The lowest BCUT2D eigenvalue weighted by molar-refractivity contribution is 0.0911. The smallest absolute Gasteiger partial charge is 0.351 e. The molecule has 2 aromatic heterocycles. The first-order chi connectivity index (χ1) is 18.9. The van der Waals surface area contributed by atoms with Crippen molar-refractivity contribution in [2.45, 2.75) is 19.4 Å². The van der Waals surface area contributed by atoms with E-state index in [1.807, 2.05) is 43.3 Å². The van der Waals surface area contributed by atoms with Gasteiger partial charge in [0.2, 0.25) is 0 Å². The van der Waals surface area contributed by atoms with E-state index in [0.717, 1.165) is 11.5 Å². The Hall–Kier alpha value is -4.44. The summed E-state index contributed by atoms with van der Waals surface area (Å²) in [5.41, 5.74) is 1.36. The molecule has 0 bridgehead atoms. The van der Waals surface area contributed by atoms with Crippen molar-refractivity contribution in [3.8, 4) is 5.69 Å². The van der Waals surface area contributed by atoms with E-state index >= 15 is 0 Å². The van der Waals surface area contributed by atoms with Gasteiger partial charge in [-0.3, -0.25) is 4.79 Å². The van der Waals surface area contributed by atoms with Crippen molar-refractivity contribution in [1.29, 1.82) is 0 Å². The van der Waals surface area contributed by atoms with Crippen molar-refractivity contribution in [1.82, 2.24) is 24.2 Å². The SMILES string of the molecule is CCC(C(=O)c1ccc(Cl)cc1)n1ncn(-c2ccc(N3CCN(C(=O)Nc4ccccc4)CC3)nc2)c1=O. The van der Waals surface area contributed by atoms with Gasteiger partial charge in [0.05, 0.1) is 11.9 Å². The van der Waals surface area contributed by atoms with Crippen LogP contribution in [0.3, 0.4) is 0 Å². The van der Waals surface area contributed by atoms with Gasteiger partial charge in [-0.1, -0.05) is 36.7 Å². The molecule has 1 unspecified atom stereocenters. The molecule has 0 spiro atoms. The highest BCUT2D eigenvalue weighted by atomic mass is 35.5. The monoisotopic (exact) mass is 545 g/mol. The van der Waals surface area contributed by atoms with Gasteiger partial charge < -0.3 is 15.1 Å². The van der Waals surface area contributed by atoms with Gasteiger partial charge in [0.1, 0.15) is 18.2 Å². The number of ketones is 1. The van der Waals surface area contributed by atoms with Crippen LogP contribution >= 0.6 is 11.6 Å². The fraction of sp³-hybridized carbons (Fsp3) is 0.250. The molecule has 2 amide bonds. The summed E-state index contributed by atoms with van der Waals surface area (Å²) in [6, 6.07) is 18.7. The van der Waals surface area contributed by atoms with Crippen molar-refractivity contribution in [2.75, 3.05) is 36.4 Å². The van der Waals surface area contributed by atoms with Crippen molar-refractivity contribution in [2.24, 2.45) is 0 Å². The second kappa shape index (κ2) is 11.5. The average Bonchev–Trinajstić information content (AvgIpc) is 3.35. The Kier molecular flexibility index (Phi) is 7.74. The molecule has 11 heteroatoms. The van der Waals surface area contributed by atoms with Crippen LogP contribution in [0.1, 0.15) is 29.7 Å². The molecule has 3 heterocycles. The third-order valence-corrected chi connectivity index (χ3v) is 6.99. The molecule has 39 heavy (non-hydrogen) atoms. The number of halogens is 1. The number of hydrogen-bond acceptors (Lipinski definition) is 6. The number of nitrogens with one attached hydrogen (secondary N) is 1. The van der Waals surface area contributed by atoms with Crippen LogP contribution in [0.25, 0.3) is 5.69 Å². The Morgan fingerprint density at radius 3 is 2.33 bits per heavy atom. The van der Waals surface area contributed by atoms with E-state index in [1.54, 1.807) is 41.4 Å². The van der Waals surface area contributed by atoms with E-state index < -0.39 is 11.7 Å². The van der Waals surface area contributed by atoms with Crippen LogP contribution in [-0.4, -0.2) is 62.2 Å². The summed E-state index contributed by atoms with van der Waals surface area (Å²) in [6.45, 7) is 4.24. The quantitative estimate of drug-likeness (QED) is 0.348. The summed E-state index contributed by atoms with van der Waals surface area (Å²) in [6.07, 6.45) is 3.42. The molecule has 2 aromatic carbocycles. The maximum atomic E-state index is 13.2. The first-order valence-corrected chi connectivity index (χ1v) is 13.1. The Morgan fingerprint density at radius 1 is 0.974 bits per heavy atom. The van der Waals surface area contributed by atoms with Crippen molar-refractivity contribution < 1.29 is 9.59 Å². The number of urea groups is 1. The molecule has 4 aromatic rings. The van der Waals surface area contributed by atoms with Crippen molar-refractivity contribution in [3.05, 3.63) is 100 Å². The highest BCUT2D eigenvalue weighted by molar-refractivity contribution is 6.30. The molecule has 1 atom stereocenters. The van der Waals surface area contributed by atoms with Gasteiger partial charge in [-0.25, -0.2) is 23.8 Å². The standard InChI is InChI=1S/C28H28ClN7O3/c1-2-24(26(37)20-8-10-21(29)11-9-20)36-28(39)35(19-31-36)23-12-13-25(30-18-23)33-14-16-34(17-15-33)27(38)32-22-6-4-3-5-7-22/h3-13,18-19,24H,2,14-17H2,1H3,(H,32,38). The molecule has 0 aliphatic carbocycles. The van der Waals surface area contributed by atoms with E-state index in [4.69, 9.17) is 11.6 Å². The van der Waals surface area contributed by atoms with Crippen molar-refractivity contribution >= 4 is 34.9 Å². The van der Waals surface area contributed by atoms with Crippen LogP contribution in [0.4, 0.5) is 16.3 Å². The number of hydrogen-bond donors (Lipinski definition) is 1. The zero-order chi connectivity index (χ0) is 27.4. The summed E-state index contributed by atoms with van der Waals surface area (Å²) >= 11 is 5.94. The third kappa shape index (κ3) is 5.70. The number of carbonyl (C=O) groups excluding carboxylic acids is 2. The molecule has 1 aliphatic rings. The average molecular weight is 546 g/mol. The molecule has 1 aliphatic heterocycles. The molecule has 200 valence electrons. The molecule has 1 fully saturated rings. The Morgan fingerprint density at radius 2 is 1.69 bits per heavy atom. The van der Waals surface area contributed by atoms with Crippen LogP contribution in [0.2, 0.25) is 5.02 Å². The number of Topliss-reactive ketones (excluding diaryl/α,β-unsaturated/α-hetero) is 1. The van der Waals surface area contributed by atoms with E-state index in [-0.39, 0.29) is 11.8 Å². The first kappa shape index (κ1) is 26.2. The maximum absolute atomic E-state index is 13.2. The number of nitrogens with zero attached hydrogens (tertiary/aromatic N) is 6. The minimum atomic E-state index is -0.734. The number of anilines is 2. The molecular formula is C28H28ClN7O3. The number of piperazine rings is 1. The van der Waals surface area contributed by atoms with Gasteiger partial charge in [0, 0.05) is 42.5 Å². The maximum Gasteiger partial charge on any atom is 0.351 e. The summed E-state index contributed by atoms with van der Waals surface area (Å²) < 4.78 is 2.59. The predicted molar refractivity (Wildman–Crippen MR) is 150 cm³/mol. The fourth-order valence-corrected chi connectivity index (χ4v) is 4.68. The number of aromatic nitrogens is 4. The summed E-state index contributed by atoms with van der Waals surface area (Å²) in [5, 5.41) is 7.68. The van der Waals surface area contributed by atoms with E-state index in [2.05, 4.69) is 20.3 Å². The largest absolute Gasteiger partial charge is 0.353 e. The topological polar surface area (TPSA) is 105 Å². The third-order valence-electron chi connectivity index (χ3n) is 6.73. The Balaban J connectivity index is 1.24. The van der Waals surface area contributed by atoms with Gasteiger partial charge >= 0.3 is 11.7 Å². The Bertz CT molecular complexity index is 1490. The molecular weight excluding hydrogens is 518 g/mol. The van der Waals surface area contributed by atoms with Gasteiger partial charge in [-0.2, -0.15) is 5.10 Å². The second-order valence-electron chi connectivity index (χ2n) is 9.17. The first-order valence-electron chi connectivity index (χ1n) is 12.7. The molecule has 10 nitrogen and oxygen atoms in total. The van der Waals surface area contributed by atoms with Crippen LogP contribution < -0.4 is 15.9 Å². The van der Waals surface area contributed by atoms with Crippen LogP contribution in [-0.2, 0) is 0 Å². The van der Waals surface area contributed by atoms with E-state index in [9.17, 15) is 14.4 Å². The number of benzene rings is 2. The van der Waals surface area contributed by atoms with E-state index in [1.165, 1.54) is 15.6 Å². The summed E-state index contributed by atoms with van der Waals surface area (Å²) in [5.74, 6) is 0.554. The zero-order valence-electron chi connectivity index (χ0n) is 21.4. The number of amides is 2. The van der Waals surface area contributed by atoms with Gasteiger partial charge in [-0.15, -0.1) is 0 Å². The lowest BCUT2D eigenvalue weighted by atomic mass is 10.0. The molecule has 0 saturated carbocycles. The van der Waals surface area contributed by atoms with Crippen LogP contribution in [0.5, 0.6) is 0 Å². The van der Waals surface area contributed by atoms with Gasteiger partial charge in [0.25, 0.3) is 0 Å². The van der Waals surface area contributed by atoms with Gasteiger partial charge in [-0.05, 0) is 55.0 Å². The molecule has 0 radical (unpaired) electrons. The minimum absolute atomic E-state index is 0.125. The van der Waals surface area contributed by atoms with Crippen molar-refractivity contribution in [3.63, 3.8) is 0 Å². The lowest BCUT2D eigenvalue weighted by Gasteiger charge is -2.35. The predicted octanol–water partition coefficient (Wildman–Crippen LogP) is 4.27. The fourth-order valence-electron chi connectivity index (χ4n) is 4.55. The molecule has 5 rings (SSSR count). The van der Waals surface area contributed by atoms with E-state index in [0.29, 0.717) is 48.9 Å². The Labute approximate surface area is 230 Å². The van der Waals surface area contributed by atoms with Crippen LogP contribution in [0, 0.1) is 0 Å². The molecule has 1 saturated heterocycles. The lowest BCUT2D eigenvalue weighted by Crippen LogP contribution is -2.50. The molecule has 1 N–H and O–H groups in total. The minimum Gasteiger partial charge on any atom is -0.353 e. The highest BCUT2D eigenvalue weighted by Crippen LogP contribution is 2.20. The highest BCUT2D eigenvalue weighted by Gasteiger charge is 2.25. The number of carbonyl (C=O) groups is 2. The number of pyridine rings is 1. The zero-order valence-corrected chi connectivity index (χ0v) is 22.2. The number of para-hydroxylation sites is 1. The van der Waals surface area contributed by atoms with Gasteiger partial charge in [0.15, 0.2) is 5.78 Å². The second-order valence-corrected chi connectivity index (χ2v) is 9.60.